The van der Waals surface area contributed by atoms with Crippen molar-refractivity contribution in [1.29, 1.82) is 0 Å². The molecule has 0 saturated heterocycles. The van der Waals surface area contributed by atoms with Gasteiger partial charge in [-0.05, 0) is 25.5 Å². The molecule has 1 heterocycles. The fourth-order valence-electron chi connectivity index (χ4n) is 1.55. The SMILES string of the molecule is Cc1nnc(SCCCNS(=O)(=O)c2ccc(F)cc2F)s1. The molecule has 0 saturated carbocycles. The number of aryl methyl sites for hydroxylation is 1. The van der Waals surface area contributed by atoms with Crippen LogP contribution in [0.4, 0.5) is 8.78 Å². The Kier molecular flexibility index (Phi) is 5.84. The maximum atomic E-state index is 13.5. The van der Waals surface area contributed by atoms with Crippen molar-refractivity contribution in [1.82, 2.24) is 14.9 Å². The lowest BCUT2D eigenvalue weighted by Gasteiger charge is -2.07. The number of thioether (sulfide) groups is 1. The van der Waals surface area contributed by atoms with Gasteiger partial charge in [0.2, 0.25) is 10.0 Å². The molecule has 0 amide bonds. The van der Waals surface area contributed by atoms with Gasteiger partial charge in [-0.15, -0.1) is 10.2 Å². The van der Waals surface area contributed by atoms with Crippen LogP contribution in [0.1, 0.15) is 11.4 Å². The van der Waals surface area contributed by atoms with E-state index in [-0.39, 0.29) is 6.54 Å². The first-order chi connectivity index (χ1) is 10.4. The number of hydrogen-bond donors (Lipinski definition) is 1. The summed E-state index contributed by atoms with van der Waals surface area (Å²) in [5.41, 5.74) is 0. The lowest BCUT2D eigenvalue weighted by atomic mass is 10.3. The van der Waals surface area contributed by atoms with Crippen molar-refractivity contribution in [3.8, 4) is 0 Å². The van der Waals surface area contributed by atoms with Crippen LogP contribution in [0.5, 0.6) is 0 Å². The molecule has 120 valence electrons. The fourth-order valence-corrected chi connectivity index (χ4v) is 4.50. The van der Waals surface area contributed by atoms with E-state index in [0.717, 1.165) is 21.5 Å². The molecule has 1 aromatic carbocycles. The summed E-state index contributed by atoms with van der Waals surface area (Å²) in [5.74, 6) is -1.27. The Bertz CT molecular complexity index is 750. The second kappa shape index (κ2) is 7.44. The molecule has 5 nitrogen and oxygen atoms in total. The summed E-state index contributed by atoms with van der Waals surface area (Å²) < 4.78 is 53.2. The molecule has 0 aliphatic carbocycles. The minimum absolute atomic E-state index is 0.157. The average molecular weight is 365 g/mol. The minimum Gasteiger partial charge on any atom is -0.211 e. The Morgan fingerprint density at radius 1 is 1.32 bits per heavy atom. The maximum Gasteiger partial charge on any atom is 0.243 e. The lowest BCUT2D eigenvalue weighted by Crippen LogP contribution is -2.26. The first-order valence-electron chi connectivity index (χ1n) is 6.26. The van der Waals surface area contributed by atoms with Gasteiger partial charge in [0.1, 0.15) is 21.5 Å². The maximum absolute atomic E-state index is 13.5. The lowest BCUT2D eigenvalue weighted by molar-refractivity contribution is 0.543. The number of sulfonamides is 1. The standard InChI is InChI=1S/C12H13F2N3O2S3/c1-8-16-17-12(21-8)20-6-2-5-15-22(18,19)11-4-3-9(13)7-10(11)14/h3-4,7,15H,2,5-6H2,1H3. The molecule has 0 unspecified atom stereocenters. The van der Waals surface area contributed by atoms with Gasteiger partial charge in [-0.25, -0.2) is 21.9 Å². The molecule has 0 aliphatic heterocycles. The third-order valence-electron chi connectivity index (χ3n) is 2.53. The summed E-state index contributed by atoms with van der Waals surface area (Å²) in [6.07, 6.45) is 0.547. The van der Waals surface area contributed by atoms with Crippen LogP contribution in [0, 0.1) is 18.6 Å². The Balaban J connectivity index is 1.82. The van der Waals surface area contributed by atoms with Gasteiger partial charge in [0.15, 0.2) is 4.34 Å². The van der Waals surface area contributed by atoms with Crippen LogP contribution in [0.3, 0.4) is 0 Å². The third kappa shape index (κ3) is 4.70. The van der Waals surface area contributed by atoms with Crippen molar-refractivity contribution in [3.63, 3.8) is 0 Å². The van der Waals surface area contributed by atoms with Crippen LogP contribution in [-0.2, 0) is 10.0 Å². The van der Waals surface area contributed by atoms with Gasteiger partial charge in [0, 0.05) is 18.4 Å². The van der Waals surface area contributed by atoms with E-state index in [9.17, 15) is 17.2 Å². The molecular weight excluding hydrogens is 352 g/mol. The predicted molar refractivity (Wildman–Crippen MR) is 81.5 cm³/mol. The second-order valence-electron chi connectivity index (χ2n) is 4.26. The van der Waals surface area contributed by atoms with Gasteiger partial charge in [-0.2, -0.15) is 0 Å². The van der Waals surface area contributed by atoms with Crippen molar-refractivity contribution in [3.05, 3.63) is 34.8 Å². The highest BCUT2D eigenvalue weighted by Crippen LogP contribution is 2.22. The van der Waals surface area contributed by atoms with Gasteiger partial charge >= 0.3 is 0 Å². The number of nitrogens with one attached hydrogen (secondary N) is 1. The molecule has 0 bridgehead atoms. The average Bonchev–Trinajstić information content (AvgIpc) is 2.83. The van der Waals surface area contributed by atoms with Crippen molar-refractivity contribution in [2.75, 3.05) is 12.3 Å². The van der Waals surface area contributed by atoms with Crippen LogP contribution in [-0.4, -0.2) is 30.9 Å². The summed E-state index contributed by atoms with van der Waals surface area (Å²) in [6, 6.07) is 2.36. The van der Waals surface area contributed by atoms with Crippen LogP contribution < -0.4 is 4.72 Å². The van der Waals surface area contributed by atoms with E-state index in [4.69, 9.17) is 0 Å². The molecule has 1 N–H and O–H groups in total. The van der Waals surface area contributed by atoms with Gasteiger partial charge < -0.3 is 0 Å². The van der Waals surface area contributed by atoms with E-state index in [1.54, 1.807) is 0 Å². The first kappa shape index (κ1) is 17.3. The molecule has 22 heavy (non-hydrogen) atoms. The molecule has 0 spiro atoms. The molecule has 0 aliphatic rings. The van der Waals surface area contributed by atoms with Crippen molar-refractivity contribution >= 4 is 33.1 Å². The molecule has 0 radical (unpaired) electrons. The highest BCUT2D eigenvalue weighted by Gasteiger charge is 2.18. The Labute approximate surface area is 135 Å². The van der Waals surface area contributed by atoms with E-state index in [2.05, 4.69) is 14.9 Å². The number of benzene rings is 1. The van der Waals surface area contributed by atoms with Gasteiger partial charge in [0.05, 0.1) is 0 Å². The number of hydrogen-bond acceptors (Lipinski definition) is 6. The molecule has 0 fully saturated rings. The normalized spacial score (nSPS) is 11.8. The summed E-state index contributed by atoms with van der Waals surface area (Å²) in [4.78, 5) is -0.554. The molecule has 2 rings (SSSR count). The topological polar surface area (TPSA) is 72.0 Å². The summed E-state index contributed by atoms with van der Waals surface area (Å²) in [7, 11) is -3.97. The van der Waals surface area contributed by atoms with Gasteiger partial charge in [-0.3, -0.25) is 0 Å². The molecule has 1 aromatic heterocycles. The number of halogens is 2. The molecule has 10 heteroatoms. The van der Waals surface area contributed by atoms with Crippen LogP contribution in [0.2, 0.25) is 0 Å². The summed E-state index contributed by atoms with van der Waals surface area (Å²) >= 11 is 2.95. The van der Waals surface area contributed by atoms with Gasteiger partial charge in [-0.1, -0.05) is 23.1 Å². The van der Waals surface area contributed by atoms with Crippen molar-refractivity contribution in [2.24, 2.45) is 0 Å². The highest BCUT2D eigenvalue weighted by atomic mass is 32.2. The van der Waals surface area contributed by atoms with Crippen molar-refractivity contribution in [2.45, 2.75) is 22.6 Å². The predicted octanol–water partition coefficient (Wildman–Crippen LogP) is 2.59. The highest BCUT2D eigenvalue weighted by molar-refractivity contribution is 8.01. The number of aromatic nitrogens is 2. The summed E-state index contributed by atoms with van der Waals surface area (Å²) in [6.45, 7) is 2.01. The first-order valence-corrected chi connectivity index (χ1v) is 9.54. The Hall–Kier alpha value is -1.10. The fraction of sp³-hybridized carbons (Fsp3) is 0.333. The van der Waals surface area contributed by atoms with E-state index >= 15 is 0 Å². The van der Waals surface area contributed by atoms with Crippen LogP contribution in [0.25, 0.3) is 0 Å². The third-order valence-corrected chi connectivity index (χ3v) is 6.08. The minimum atomic E-state index is -3.97. The molecule has 0 atom stereocenters. The quantitative estimate of drug-likeness (QED) is 0.603. The largest absolute Gasteiger partial charge is 0.243 e. The number of nitrogens with zero attached hydrogens (tertiary/aromatic N) is 2. The van der Waals surface area contributed by atoms with E-state index in [1.165, 1.54) is 23.1 Å². The van der Waals surface area contributed by atoms with Crippen molar-refractivity contribution < 1.29 is 17.2 Å². The molecular formula is C12H13F2N3O2S3. The zero-order valence-corrected chi connectivity index (χ0v) is 14.0. The zero-order chi connectivity index (χ0) is 16.2. The Morgan fingerprint density at radius 2 is 2.09 bits per heavy atom. The monoisotopic (exact) mass is 365 g/mol. The Morgan fingerprint density at radius 3 is 2.73 bits per heavy atom. The zero-order valence-electron chi connectivity index (χ0n) is 11.5. The second-order valence-corrected chi connectivity index (χ2v) is 8.52. The van der Waals surface area contributed by atoms with Gasteiger partial charge in [0.25, 0.3) is 0 Å². The van der Waals surface area contributed by atoms with E-state index < -0.39 is 26.6 Å². The van der Waals surface area contributed by atoms with E-state index in [0.29, 0.717) is 18.2 Å². The van der Waals surface area contributed by atoms with Crippen LogP contribution in [0.15, 0.2) is 27.4 Å². The summed E-state index contributed by atoms with van der Waals surface area (Å²) in [5, 5.41) is 8.68. The molecule has 2 aromatic rings. The van der Waals surface area contributed by atoms with Crippen LogP contribution >= 0.6 is 23.1 Å². The number of rotatable bonds is 7. The van der Waals surface area contributed by atoms with E-state index in [1.807, 2.05) is 6.92 Å². The smallest absolute Gasteiger partial charge is 0.211 e.